The Bertz CT molecular complexity index is 1860. The number of aromatic nitrogens is 4. The predicted molar refractivity (Wildman–Crippen MR) is 188 cm³/mol. The van der Waals surface area contributed by atoms with E-state index in [0.29, 0.717) is 36.5 Å². The maximum Gasteiger partial charge on any atom is 0.243 e. The Labute approximate surface area is 291 Å². The first-order valence-electron chi connectivity index (χ1n) is 17.2. The average molecular weight is 683 g/mol. The minimum atomic E-state index is -0.878. The first-order chi connectivity index (χ1) is 23.9. The number of carbonyl (C=O) groups is 5. The third-order valence-electron chi connectivity index (χ3n) is 8.91. The summed E-state index contributed by atoms with van der Waals surface area (Å²) < 4.78 is 3.19. The van der Waals surface area contributed by atoms with Crippen molar-refractivity contribution in [2.75, 3.05) is 13.1 Å². The van der Waals surface area contributed by atoms with Crippen LogP contribution in [0.15, 0.2) is 60.8 Å². The fourth-order valence-electron chi connectivity index (χ4n) is 6.23. The Kier molecular flexibility index (Phi) is 11.5. The molecule has 0 aliphatic carbocycles. The van der Waals surface area contributed by atoms with Crippen LogP contribution in [-0.2, 0) is 38.7 Å². The molecule has 1 aliphatic rings. The van der Waals surface area contributed by atoms with Crippen LogP contribution < -0.4 is 16.0 Å². The van der Waals surface area contributed by atoms with Crippen LogP contribution in [0.25, 0.3) is 10.9 Å². The van der Waals surface area contributed by atoms with Crippen molar-refractivity contribution in [2.24, 2.45) is 5.92 Å². The zero-order valence-electron chi connectivity index (χ0n) is 29.3. The second kappa shape index (κ2) is 15.9. The number of Topliss-reactive ketones (excluding diaryl/α,β-unsaturated/α-hetero) is 1. The van der Waals surface area contributed by atoms with Crippen LogP contribution in [0.3, 0.4) is 0 Å². The molecule has 0 spiro atoms. The van der Waals surface area contributed by atoms with Crippen molar-refractivity contribution in [1.82, 2.24) is 40.2 Å². The molecular weight excluding hydrogens is 636 g/mol. The summed E-state index contributed by atoms with van der Waals surface area (Å²) in [5.74, 6) is -0.987. The number of nitrogens with zero attached hydrogens (tertiary/aromatic N) is 5. The van der Waals surface area contributed by atoms with Crippen LogP contribution in [0.4, 0.5) is 0 Å². The number of aryl methyl sites for hydroxylation is 1. The molecule has 0 bridgehead atoms. The van der Waals surface area contributed by atoms with Gasteiger partial charge in [0.2, 0.25) is 23.6 Å². The molecule has 50 heavy (non-hydrogen) atoms. The molecule has 2 aromatic heterocycles. The molecule has 2 aromatic carbocycles. The van der Waals surface area contributed by atoms with Gasteiger partial charge < -0.3 is 25.4 Å². The van der Waals surface area contributed by atoms with Gasteiger partial charge in [0.1, 0.15) is 25.0 Å². The first kappa shape index (κ1) is 36.0. The molecule has 264 valence electrons. The summed E-state index contributed by atoms with van der Waals surface area (Å²) in [5, 5.41) is 14.0. The number of para-hydroxylation sites is 1. The van der Waals surface area contributed by atoms with Crippen molar-refractivity contribution in [3.8, 4) is 0 Å². The molecular formula is C37H46N8O5. The van der Waals surface area contributed by atoms with Crippen LogP contribution in [0.2, 0.25) is 0 Å². The van der Waals surface area contributed by atoms with Crippen LogP contribution >= 0.6 is 0 Å². The molecule has 0 unspecified atom stereocenters. The number of ketones is 1. The SMILES string of the molecule is CCCC(=O)c1cn(CC(=O)N2CC(=O)N[C@@H](Cc3ccccc3)c3nc(C)nn3CC(=O)N[C@H](C)C(=O)N[C@@H](C(C)C)C2)c2ccccc12. The number of hydrogen-bond donors (Lipinski definition) is 3. The largest absolute Gasteiger partial charge is 0.350 e. The van der Waals surface area contributed by atoms with Gasteiger partial charge in [-0.1, -0.05) is 69.3 Å². The lowest BCUT2D eigenvalue weighted by Crippen LogP contribution is -2.55. The minimum absolute atomic E-state index is 0.000156. The highest BCUT2D eigenvalue weighted by Crippen LogP contribution is 2.24. The average Bonchev–Trinajstić information content (AvgIpc) is 3.63. The molecule has 4 amide bonds. The molecule has 4 aromatic rings. The maximum absolute atomic E-state index is 14.2. The van der Waals surface area contributed by atoms with Crippen LogP contribution in [0, 0.1) is 12.8 Å². The van der Waals surface area contributed by atoms with Gasteiger partial charge in [-0.2, -0.15) is 5.10 Å². The van der Waals surface area contributed by atoms with E-state index in [1.807, 2.05) is 75.4 Å². The van der Waals surface area contributed by atoms with Crippen LogP contribution in [-0.4, -0.2) is 78.8 Å². The van der Waals surface area contributed by atoms with E-state index in [1.165, 1.54) is 9.58 Å². The molecule has 0 saturated heterocycles. The minimum Gasteiger partial charge on any atom is -0.350 e. The van der Waals surface area contributed by atoms with Crippen LogP contribution in [0.5, 0.6) is 0 Å². The van der Waals surface area contributed by atoms with E-state index < -0.39 is 35.8 Å². The smallest absolute Gasteiger partial charge is 0.243 e. The standard InChI is InChI=1S/C37H46N8O5/c1-6-12-32(46)28-18-43(31-16-11-10-15-27(28)31)22-35(49)44-19-30(23(2)3)41-37(50)24(4)38-34(48)21-45-36(39-25(5)42-45)29(40-33(47)20-44)17-26-13-8-7-9-14-26/h7-11,13-16,18,23-24,29-30H,6,12,17,19-22H2,1-5H3,(H,38,48)(H,40,47)(H,41,50)/t24-,29+,30-/m1/s1. The van der Waals surface area contributed by atoms with Gasteiger partial charge in [-0.05, 0) is 44.2 Å². The highest BCUT2D eigenvalue weighted by atomic mass is 16.2. The lowest BCUT2D eigenvalue weighted by atomic mass is 10.0. The Morgan fingerprint density at radius 1 is 0.940 bits per heavy atom. The topological polar surface area (TPSA) is 160 Å². The normalized spacial score (nSPS) is 19.3. The van der Waals surface area contributed by atoms with Gasteiger partial charge in [0.25, 0.3) is 0 Å². The molecule has 3 atom stereocenters. The molecule has 13 nitrogen and oxygen atoms in total. The summed E-state index contributed by atoms with van der Waals surface area (Å²) in [4.78, 5) is 73.7. The monoisotopic (exact) mass is 682 g/mol. The highest BCUT2D eigenvalue weighted by Gasteiger charge is 2.30. The number of amides is 4. The van der Waals surface area contributed by atoms with E-state index >= 15 is 0 Å². The van der Waals surface area contributed by atoms with E-state index in [9.17, 15) is 24.0 Å². The van der Waals surface area contributed by atoms with Gasteiger partial charge in [0.05, 0.1) is 12.6 Å². The van der Waals surface area contributed by atoms with E-state index in [-0.39, 0.29) is 43.8 Å². The lowest BCUT2D eigenvalue weighted by molar-refractivity contribution is -0.137. The Balaban J connectivity index is 1.51. The van der Waals surface area contributed by atoms with E-state index in [1.54, 1.807) is 24.6 Å². The highest BCUT2D eigenvalue weighted by molar-refractivity contribution is 6.08. The summed E-state index contributed by atoms with van der Waals surface area (Å²) in [6.45, 7) is 8.48. The van der Waals surface area contributed by atoms with Gasteiger partial charge >= 0.3 is 0 Å². The Morgan fingerprint density at radius 3 is 2.36 bits per heavy atom. The third kappa shape index (κ3) is 8.63. The molecule has 5 rings (SSSR count). The van der Waals surface area contributed by atoms with Gasteiger partial charge in [0, 0.05) is 41.7 Å². The van der Waals surface area contributed by atoms with Gasteiger partial charge in [-0.15, -0.1) is 0 Å². The zero-order chi connectivity index (χ0) is 35.9. The number of carbonyl (C=O) groups excluding carboxylic acids is 5. The summed E-state index contributed by atoms with van der Waals surface area (Å²) in [5.41, 5.74) is 2.21. The van der Waals surface area contributed by atoms with Crippen LogP contribution in [0.1, 0.15) is 74.1 Å². The molecule has 3 heterocycles. The summed E-state index contributed by atoms with van der Waals surface area (Å²) >= 11 is 0. The first-order valence-corrected chi connectivity index (χ1v) is 17.2. The number of rotatable bonds is 8. The number of hydrogen-bond acceptors (Lipinski definition) is 7. The quantitative estimate of drug-likeness (QED) is 0.241. The molecule has 0 radical (unpaired) electrons. The lowest BCUT2D eigenvalue weighted by Gasteiger charge is -2.31. The zero-order valence-corrected chi connectivity index (χ0v) is 29.3. The second-order valence-electron chi connectivity index (χ2n) is 13.3. The maximum atomic E-state index is 14.2. The summed E-state index contributed by atoms with van der Waals surface area (Å²) in [7, 11) is 0. The van der Waals surface area contributed by atoms with Gasteiger partial charge in [0.15, 0.2) is 11.6 Å². The van der Waals surface area contributed by atoms with E-state index in [0.717, 1.165) is 16.5 Å². The van der Waals surface area contributed by atoms with Crippen molar-refractivity contribution >= 4 is 40.3 Å². The van der Waals surface area contributed by atoms with Gasteiger partial charge in [-0.3, -0.25) is 24.0 Å². The van der Waals surface area contributed by atoms with Crippen molar-refractivity contribution in [2.45, 2.75) is 85.1 Å². The van der Waals surface area contributed by atoms with Crippen molar-refractivity contribution in [3.63, 3.8) is 0 Å². The summed E-state index contributed by atoms with van der Waals surface area (Å²) in [6, 6.07) is 14.9. The molecule has 13 heteroatoms. The number of fused-ring (bicyclic) bond motifs is 2. The molecule has 0 fully saturated rings. The second-order valence-corrected chi connectivity index (χ2v) is 13.3. The third-order valence-corrected chi connectivity index (χ3v) is 8.91. The van der Waals surface area contributed by atoms with Crippen molar-refractivity contribution in [3.05, 3.63) is 83.6 Å². The van der Waals surface area contributed by atoms with Crippen molar-refractivity contribution in [1.29, 1.82) is 0 Å². The molecule has 1 aliphatic heterocycles. The number of nitrogens with one attached hydrogen (secondary N) is 3. The summed E-state index contributed by atoms with van der Waals surface area (Å²) in [6.07, 6.45) is 3.16. The fourth-order valence-corrected chi connectivity index (χ4v) is 6.23. The predicted octanol–water partition coefficient (Wildman–Crippen LogP) is 3.11. The fraction of sp³-hybridized carbons (Fsp3) is 0.432. The number of benzene rings is 2. The Hall–Kier alpha value is -5.33. The van der Waals surface area contributed by atoms with E-state index in [2.05, 4.69) is 26.0 Å². The van der Waals surface area contributed by atoms with Crippen molar-refractivity contribution < 1.29 is 24.0 Å². The molecule has 3 N–H and O–H groups in total. The Morgan fingerprint density at radius 2 is 1.64 bits per heavy atom. The molecule has 0 saturated carbocycles. The van der Waals surface area contributed by atoms with Gasteiger partial charge in [-0.25, -0.2) is 9.67 Å². The van der Waals surface area contributed by atoms with E-state index in [4.69, 9.17) is 0 Å².